The monoisotopic (exact) mass is 429 g/mol. The van der Waals surface area contributed by atoms with Gasteiger partial charge < -0.3 is 0 Å². The van der Waals surface area contributed by atoms with Gasteiger partial charge in [-0.3, -0.25) is 14.7 Å². The fraction of sp³-hybridized carbons (Fsp3) is 0.211. The van der Waals surface area contributed by atoms with Crippen LogP contribution in [0.1, 0.15) is 38.4 Å². The van der Waals surface area contributed by atoms with Gasteiger partial charge in [-0.1, -0.05) is 18.2 Å². The Morgan fingerprint density at radius 3 is 2.10 bits per heavy atom. The van der Waals surface area contributed by atoms with Gasteiger partial charge in [0, 0.05) is 11.3 Å². The van der Waals surface area contributed by atoms with E-state index in [1.54, 1.807) is 32.0 Å². The molecule has 30 heavy (non-hydrogen) atoms. The van der Waals surface area contributed by atoms with Crippen LogP contribution in [0.2, 0.25) is 0 Å². The molecule has 0 bridgehead atoms. The van der Waals surface area contributed by atoms with Crippen molar-refractivity contribution in [3.63, 3.8) is 0 Å². The van der Waals surface area contributed by atoms with E-state index in [0.29, 0.717) is 11.1 Å². The van der Waals surface area contributed by atoms with Gasteiger partial charge >= 0.3 is 6.18 Å². The Labute approximate surface area is 165 Å². The Bertz CT molecular complexity index is 1220. The van der Waals surface area contributed by atoms with E-state index in [1.807, 2.05) is 0 Å². The molecule has 2 aromatic heterocycles. The number of aryl methyl sites for hydroxylation is 3. The third-order valence-electron chi connectivity index (χ3n) is 4.51. The molecule has 0 fully saturated rings. The van der Waals surface area contributed by atoms with Crippen LogP contribution < -0.4 is 5.56 Å². The van der Waals surface area contributed by atoms with Gasteiger partial charge in [0.2, 0.25) is 11.6 Å². The van der Waals surface area contributed by atoms with Gasteiger partial charge in [-0.2, -0.15) is 22.0 Å². The molecule has 0 aliphatic rings. The number of halogens is 6. The van der Waals surface area contributed by atoms with Crippen LogP contribution in [0.4, 0.5) is 26.3 Å². The summed E-state index contributed by atoms with van der Waals surface area (Å²) < 4.78 is 81.1. The first-order chi connectivity index (χ1) is 13.9. The molecular formula is C19H13F6N3O2. The molecule has 0 amide bonds. The van der Waals surface area contributed by atoms with Gasteiger partial charge in [0.1, 0.15) is 11.3 Å². The fourth-order valence-corrected chi connectivity index (χ4v) is 3.16. The summed E-state index contributed by atoms with van der Waals surface area (Å²) in [4.78, 5) is 28.0. The van der Waals surface area contributed by atoms with E-state index in [9.17, 15) is 35.9 Å². The van der Waals surface area contributed by atoms with Crippen molar-refractivity contribution in [3.8, 4) is 5.69 Å². The SMILES string of the molecule is Cc1cccc(C)c1C(=O)c1c(C)[nH]n(-c2c(F)c(F)nc(C(F)(F)F)c2F)c1=O. The van der Waals surface area contributed by atoms with Gasteiger partial charge in [-0.05, 0) is 31.9 Å². The zero-order valence-corrected chi connectivity index (χ0v) is 15.7. The number of aromatic amines is 1. The Kier molecular flexibility index (Phi) is 5.09. The number of nitrogens with zero attached hydrogens (tertiary/aromatic N) is 2. The van der Waals surface area contributed by atoms with E-state index in [-0.39, 0.29) is 15.9 Å². The summed E-state index contributed by atoms with van der Waals surface area (Å²) in [5.74, 6) is -7.46. The molecule has 0 unspecified atom stereocenters. The van der Waals surface area contributed by atoms with Crippen LogP contribution in [0.3, 0.4) is 0 Å². The number of aromatic nitrogens is 3. The highest BCUT2D eigenvalue weighted by Gasteiger charge is 2.40. The van der Waals surface area contributed by atoms with Crippen LogP contribution in [-0.2, 0) is 6.18 Å². The summed E-state index contributed by atoms with van der Waals surface area (Å²) in [7, 11) is 0. The Morgan fingerprint density at radius 1 is 1.00 bits per heavy atom. The highest BCUT2D eigenvalue weighted by Crippen LogP contribution is 2.33. The highest BCUT2D eigenvalue weighted by atomic mass is 19.4. The van der Waals surface area contributed by atoms with Crippen LogP contribution >= 0.6 is 0 Å². The van der Waals surface area contributed by atoms with Crippen LogP contribution in [0.15, 0.2) is 23.0 Å². The normalized spacial score (nSPS) is 11.8. The maximum atomic E-state index is 14.4. The van der Waals surface area contributed by atoms with E-state index in [4.69, 9.17) is 0 Å². The molecule has 3 aromatic rings. The van der Waals surface area contributed by atoms with E-state index in [1.165, 1.54) is 6.92 Å². The number of benzene rings is 1. The van der Waals surface area contributed by atoms with E-state index in [0.717, 1.165) is 0 Å². The fourth-order valence-electron chi connectivity index (χ4n) is 3.16. The van der Waals surface area contributed by atoms with Crippen molar-refractivity contribution in [2.24, 2.45) is 0 Å². The van der Waals surface area contributed by atoms with E-state index >= 15 is 0 Å². The maximum absolute atomic E-state index is 14.4. The number of pyridine rings is 1. The average Bonchev–Trinajstić information content (AvgIpc) is 2.91. The Hall–Kier alpha value is -3.37. The predicted octanol–water partition coefficient (Wildman–Crippen LogP) is 4.15. The number of H-pyrrole nitrogens is 1. The lowest BCUT2D eigenvalue weighted by Gasteiger charge is -2.12. The summed E-state index contributed by atoms with van der Waals surface area (Å²) in [6, 6.07) is 4.88. The van der Waals surface area contributed by atoms with E-state index in [2.05, 4.69) is 10.1 Å². The number of ketones is 1. The third kappa shape index (κ3) is 3.29. The quantitative estimate of drug-likeness (QED) is 0.386. The van der Waals surface area contributed by atoms with Crippen molar-refractivity contribution in [2.75, 3.05) is 0 Å². The summed E-state index contributed by atoms with van der Waals surface area (Å²) in [6.07, 6.45) is -5.45. The van der Waals surface area contributed by atoms with Crippen molar-refractivity contribution >= 4 is 5.78 Å². The highest BCUT2D eigenvalue weighted by molar-refractivity contribution is 6.11. The topological polar surface area (TPSA) is 67.8 Å². The molecular weight excluding hydrogens is 416 g/mol. The second-order valence-electron chi connectivity index (χ2n) is 6.57. The van der Waals surface area contributed by atoms with Crippen LogP contribution in [0.25, 0.3) is 5.69 Å². The van der Waals surface area contributed by atoms with Gasteiger partial charge in [0.15, 0.2) is 11.5 Å². The number of alkyl halides is 3. The predicted molar refractivity (Wildman–Crippen MR) is 93.1 cm³/mol. The standard InChI is InChI=1S/C19H13F6N3O2/c1-7-5-4-6-8(2)10(7)15(29)11-9(3)27-28(18(11)30)14-12(20)16(19(23,24)25)26-17(22)13(14)21/h4-6,27H,1-3H3. The zero-order chi connectivity index (χ0) is 22.5. The average molecular weight is 429 g/mol. The summed E-state index contributed by atoms with van der Waals surface area (Å²) in [5.41, 5.74) is -4.86. The van der Waals surface area contributed by atoms with Crippen molar-refractivity contribution in [2.45, 2.75) is 26.9 Å². The van der Waals surface area contributed by atoms with Crippen molar-refractivity contribution in [3.05, 3.63) is 79.8 Å². The molecule has 1 N–H and O–H groups in total. The van der Waals surface area contributed by atoms with Gasteiger partial charge in [-0.15, -0.1) is 0 Å². The molecule has 2 heterocycles. The minimum Gasteiger partial charge on any atom is -0.294 e. The summed E-state index contributed by atoms with van der Waals surface area (Å²) in [5, 5.41) is 2.15. The van der Waals surface area contributed by atoms with Crippen molar-refractivity contribution in [1.82, 2.24) is 14.8 Å². The number of rotatable bonds is 3. The molecule has 0 spiro atoms. The second kappa shape index (κ2) is 7.15. The lowest BCUT2D eigenvalue weighted by Crippen LogP contribution is -2.25. The molecule has 0 saturated carbocycles. The number of nitrogens with one attached hydrogen (secondary N) is 1. The minimum absolute atomic E-state index is 0.0286. The first-order valence-electron chi connectivity index (χ1n) is 8.40. The second-order valence-corrected chi connectivity index (χ2v) is 6.57. The van der Waals surface area contributed by atoms with Crippen LogP contribution in [0, 0.1) is 38.4 Å². The molecule has 0 saturated heterocycles. The molecule has 0 radical (unpaired) electrons. The molecule has 5 nitrogen and oxygen atoms in total. The summed E-state index contributed by atoms with van der Waals surface area (Å²) in [6.45, 7) is 4.43. The van der Waals surface area contributed by atoms with Crippen molar-refractivity contribution < 1.29 is 31.1 Å². The molecule has 11 heteroatoms. The number of carbonyl (C=O) groups is 1. The first-order valence-corrected chi connectivity index (χ1v) is 8.40. The molecule has 3 rings (SSSR count). The van der Waals surface area contributed by atoms with Crippen LogP contribution in [-0.4, -0.2) is 20.5 Å². The lowest BCUT2D eigenvalue weighted by atomic mass is 9.95. The largest absolute Gasteiger partial charge is 0.436 e. The zero-order valence-electron chi connectivity index (χ0n) is 15.7. The smallest absolute Gasteiger partial charge is 0.294 e. The number of hydrogen-bond acceptors (Lipinski definition) is 3. The minimum atomic E-state index is -5.45. The van der Waals surface area contributed by atoms with Gasteiger partial charge in [-0.25, -0.2) is 14.1 Å². The van der Waals surface area contributed by atoms with Crippen LogP contribution in [0.5, 0.6) is 0 Å². The van der Waals surface area contributed by atoms with Gasteiger partial charge in [0.25, 0.3) is 11.5 Å². The molecule has 158 valence electrons. The van der Waals surface area contributed by atoms with Gasteiger partial charge in [0.05, 0.1) is 0 Å². The Morgan fingerprint density at radius 2 is 1.57 bits per heavy atom. The molecule has 0 aliphatic carbocycles. The summed E-state index contributed by atoms with van der Waals surface area (Å²) >= 11 is 0. The third-order valence-corrected chi connectivity index (χ3v) is 4.51. The first kappa shape index (κ1) is 21.3. The maximum Gasteiger partial charge on any atom is 0.436 e. The molecule has 0 aliphatic heterocycles. The molecule has 1 aromatic carbocycles. The van der Waals surface area contributed by atoms with Crippen molar-refractivity contribution in [1.29, 1.82) is 0 Å². The van der Waals surface area contributed by atoms with E-state index < -0.39 is 52.0 Å². The lowest BCUT2D eigenvalue weighted by molar-refractivity contribution is -0.144. The number of hydrogen-bond donors (Lipinski definition) is 1. The molecule has 0 atom stereocenters. The number of carbonyl (C=O) groups excluding carboxylic acids is 1. The Balaban J connectivity index is 2.30.